The number of hydrogen-bond acceptors (Lipinski definition) is 7. The fourth-order valence-corrected chi connectivity index (χ4v) is 4.26. The summed E-state index contributed by atoms with van der Waals surface area (Å²) in [5.74, 6) is -4.80. The zero-order valence-electron chi connectivity index (χ0n) is 18.6. The van der Waals surface area contributed by atoms with Gasteiger partial charge in [-0.25, -0.2) is 9.59 Å². The van der Waals surface area contributed by atoms with Gasteiger partial charge in [-0.05, 0) is 36.8 Å². The number of aliphatic carboxylic acids is 2. The van der Waals surface area contributed by atoms with Gasteiger partial charge < -0.3 is 30.2 Å². The lowest BCUT2D eigenvalue weighted by Gasteiger charge is -2.25. The number of carboxylic acids is 2. The van der Waals surface area contributed by atoms with Gasteiger partial charge in [0.25, 0.3) is 5.91 Å². The maximum Gasteiger partial charge on any atom is 0.482 e. The highest BCUT2D eigenvalue weighted by Gasteiger charge is 2.51. The average Bonchev–Trinajstić information content (AvgIpc) is 3.20. The smallest absolute Gasteiger partial charge is 0.479 e. The molecule has 186 valence electrons. The summed E-state index contributed by atoms with van der Waals surface area (Å²) in [5, 5.41) is 24.4. The number of amides is 2. The minimum absolute atomic E-state index is 0.0171. The van der Waals surface area contributed by atoms with Crippen LogP contribution < -0.4 is 10.6 Å². The van der Waals surface area contributed by atoms with E-state index in [4.69, 9.17) is 32.5 Å². The van der Waals surface area contributed by atoms with E-state index in [1.807, 2.05) is 13.8 Å². The van der Waals surface area contributed by atoms with Crippen molar-refractivity contribution >= 4 is 65.8 Å². The lowest BCUT2D eigenvalue weighted by Crippen LogP contribution is -2.55. The summed E-state index contributed by atoms with van der Waals surface area (Å²) in [6.45, 7) is 3.72. The minimum Gasteiger partial charge on any atom is -0.479 e. The molecule has 1 aromatic rings. The molecule has 0 spiro atoms. The Morgan fingerprint density at radius 2 is 1.68 bits per heavy atom. The van der Waals surface area contributed by atoms with E-state index in [0.717, 1.165) is 0 Å². The molecule has 1 heterocycles. The normalized spacial score (nSPS) is 19.5. The Bertz CT molecular complexity index is 916. The molecule has 4 N–H and O–H groups in total. The molecule has 10 nitrogen and oxygen atoms in total. The van der Waals surface area contributed by atoms with Crippen molar-refractivity contribution in [3.8, 4) is 0 Å². The van der Waals surface area contributed by atoms with Crippen molar-refractivity contribution < 1.29 is 38.7 Å². The molecular formula is C20H25BCl2N2O8S. The summed E-state index contributed by atoms with van der Waals surface area (Å²) in [6.07, 6.45) is -1.39. The third-order valence-corrected chi connectivity index (χ3v) is 6.06. The SMILES string of the molecule is CSC[C@H](NC(=O)c1cc(Cl)ccc1Cl)C(=O)N[C@@H](CC(C)C)B1OC(C(=O)O)C(C(=O)O)O1. The first-order valence-electron chi connectivity index (χ1n) is 10.3. The van der Waals surface area contributed by atoms with Crippen molar-refractivity contribution in [3.63, 3.8) is 0 Å². The third-order valence-electron chi connectivity index (χ3n) is 4.83. The molecule has 1 aliphatic heterocycles. The predicted molar refractivity (Wildman–Crippen MR) is 128 cm³/mol. The van der Waals surface area contributed by atoms with Crippen LogP contribution >= 0.6 is 35.0 Å². The number of carboxylic acid groups (broad SMARTS) is 2. The Morgan fingerprint density at radius 1 is 1.09 bits per heavy atom. The second kappa shape index (κ2) is 12.6. The van der Waals surface area contributed by atoms with Crippen molar-refractivity contribution in [2.75, 3.05) is 12.0 Å². The zero-order valence-corrected chi connectivity index (χ0v) is 20.9. The van der Waals surface area contributed by atoms with Crippen LogP contribution in [0.1, 0.15) is 30.6 Å². The summed E-state index contributed by atoms with van der Waals surface area (Å²) in [5.41, 5.74) is 0.0999. The van der Waals surface area contributed by atoms with Gasteiger partial charge in [-0.3, -0.25) is 9.59 Å². The summed E-state index contributed by atoms with van der Waals surface area (Å²) < 4.78 is 10.7. The van der Waals surface area contributed by atoms with E-state index in [2.05, 4.69) is 10.6 Å². The fraction of sp³-hybridized carbons (Fsp3) is 0.500. The molecule has 4 atom stereocenters. The number of thioether (sulfide) groups is 1. The number of nitrogens with one attached hydrogen (secondary N) is 2. The number of carbonyl (C=O) groups excluding carboxylic acids is 2. The van der Waals surface area contributed by atoms with Crippen LogP contribution in [0.4, 0.5) is 0 Å². The van der Waals surface area contributed by atoms with Gasteiger partial charge in [-0.15, -0.1) is 0 Å². The van der Waals surface area contributed by atoms with E-state index in [0.29, 0.717) is 11.4 Å². The average molecular weight is 535 g/mol. The highest BCUT2D eigenvalue weighted by Crippen LogP contribution is 2.23. The molecule has 0 aliphatic carbocycles. The minimum atomic E-state index is -1.72. The molecule has 34 heavy (non-hydrogen) atoms. The number of benzene rings is 1. The van der Waals surface area contributed by atoms with Crippen LogP contribution in [0.2, 0.25) is 10.0 Å². The van der Waals surface area contributed by atoms with Gasteiger partial charge in [0.05, 0.1) is 16.5 Å². The summed E-state index contributed by atoms with van der Waals surface area (Å²) in [7, 11) is -1.30. The van der Waals surface area contributed by atoms with Gasteiger partial charge in [0.1, 0.15) is 6.04 Å². The first-order valence-corrected chi connectivity index (χ1v) is 12.4. The Hall–Kier alpha value is -1.99. The van der Waals surface area contributed by atoms with Gasteiger partial charge >= 0.3 is 19.1 Å². The maximum absolute atomic E-state index is 13.1. The van der Waals surface area contributed by atoms with Crippen LogP contribution in [0, 0.1) is 5.92 Å². The second-order valence-corrected chi connectivity index (χ2v) is 9.76. The Kier molecular flexibility index (Phi) is 10.5. The number of rotatable bonds is 11. The molecule has 2 unspecified atom stereocenters. The summed E-state index contributed by atoms with van der Waals surface area (Å²) in [6, 6.07) is 3.39. The molecule has 0 aromatic heterocycles. The first kappa shape index (κ1) is 28.3. The van der Waals surface area contributed by atoms with Crippen LogP contribution in [0.5, 0.6) is 0 Å². The van der Waals surface area contributed by atoms with Crippen LogP contribution in [0.3, 0.4) is 0 Å². The quantitative estimate of drug-likeness (QED) is 0.312. The topological polar surface area (TPSA) is 151 Å². The molecule has 14 heteroatoms. The maximum atomic E-state index is 13.1. The Morgan fingerprint density at radius 3 is 2.18 bits per heavy atom. The molecule has 2 rings (SSSR count). The Balaban J connectivity index is 2.19. The molecular weight excluding hydrogens is 510 g/mol. The zero-order chi connectivity index (χ0) is 25.6. The molecule has 2 amide bonds. The second-order valence-electron chi connectivity index (χ2n) is 8.01. The van der Waals surface area contributed by atoms with Crippen LogP contribution in [0.15, 0.2) is 18.2 Å². The number of hydrogen-bond donors (Lipinski definition) is 4. The van der Waals surface area contributed by atoms with Crippen molar-refractivity contribution in [1.82, 2.24) is 10.6 Å². The van der Waals surface area contributed by atoms with Crippen LogP contribution in [0.25, 0.3) is 0 Å². The highest BCUT2D eigenvalue weighted by molar-refractivity contribution is 7.98. The highest BCUT2D eigenvalue weighted by atomic mass is 35.5. The van der Waals surface area contributed by atoms with Crippen molar-refractivity contribution in [2.45, 2.75) is 44.5 Å². The lowest BCUT2D eigenvalue weighted by molar-refractivity contribution is -0.156. The van der Waals surface area contributed by atoms with E-state index in [9.17, 15) is 29.4 Å². The van der Waals surface area contributed by atoms with E-state index in [1.54, 1.807) is 6.26 Å². The summed E-state index contributed by atoms with van der Waals surface area (Å²) >= 11 is 13.3. The monoisotopic (exact) mass is 534 g/mol. The fourth-order valence-electron chi connectivity index (χ4n) is 3.32. The molecule has 1 aromatic carbocycles. The van der Waals surface area contributed by atoms with Gasteiger partial charge in [0.2, 0.25) is 5.91 Å². The van der Waals surface area contributed by atoms with E-state index >= 15 is 0 Å². The van der Waals surface area contributed by atoms with Crippen LogP contribution in [-0.4, -0.2) is 77.3 Å². The lowest BCUT2D eigenvalue weighted by atomic mass is 9.74. The molecule has 0 bridgehead atoms. The Labute approximate surface area is 211 Å². The molecule has 0 radical (unpaired) electrons. The largest absolute Gasteiger partial charge is 0.482 e. The van der Waals surface area contributed by atoms with Gasteiger partial charge in [0.15, 0.2) is 12.2 Å². The molecule has 1 aliphatic rings. The number of carbonyl (C=O) groups is 4. The van der Waals surface area contributed by atoms with Gasteiger partial charge in [-0.2, -0.15) is 11.8 Å². The third kappa shape index (κ3) is 7.51. The summed E-state index contributed by atoms with van der Waals surface area (Å²) in [4.78, 5) is 48.6. The van der Waals surface area contributed by atoms with E-state index < -0.39 is 55.1 Å². The van der Waals surface area contributed by atoms with E-state index in [1.165, 1.54) is 30.0 Å². The molecule has 1 saturated heterocycles. The number of halogens is 2. The molecule has 1 fully saturated rings. The molecule has 0 saturated carbocycles. The first-order chi connectivity index (χ1) is 15.9. The van der Waals surface area contributed by atoms with Crippen molar-refractivity contribution in [3.05, 3.63) is 33.8 Å². The van der Waals surface area contributed by atoms with Crippen LogP contribution in [-0.2, 0) is 23.7 Å². The predicted octanol–water partition coefficient (Wildman–Crippen LogP) is 1.97. The van der Waals surface area contributed by atoms with Gasteiger partial charge in [-0.1, -0.05) is 37.0 Å². The van der Waals surface area contributed by atoms with Gasteiger partial charge in [0, 0.05) is 10.8 Å². The van der Waals surface area contributed by atoms with Crippen molar-refractivity contribution in [2.24, 2.45) is 5.92 Å². The van der Waals surface area contributed by atoms with Crippen molar-refractivity contribution in [1.29, 1.82) is 0 Å². The van der Waals surface area contributed by atoms with E-state index in [-0.39, 0.29) is 22.3 Å². The standard InChI is InChI=1S/C20H25BCl2N2O8S/c1-9(2)6-14(21-32-15(19(28)29)16(33-21)20(30)31)25-18(27)13(8-34-3)24-17(26)11-7-10(22)4-5-12(11)23/h4-5,7,9,13-16H,6,8H2,1-3H3,(H,24,26)(H,25,27)(H,28,29)(H,30,31)/t13-,14-,15?,16?/m0/s1.